The molecule has 0 aliphatic carbocycles. The molecular formula is C14H10ClFN2O2S. The highest BCUT2D eigenvalue weighted by Gasteiger charge is 2.19. The topological polar surface area (TPSA) is 70.0 Å². The maximum Gasteiger partial charge on any atom is 0.264 e. The number of rotatable bonds is 3. The van der Waals surface area contributed by atoms with Crippen molar-refractivity contribution in [1.82, 2.24) is 0 Å². The van der Waals surface area contributed by atoms with E-state index in [2.05, 4.69) is 4.72 Å². The van der Waals surface area contributed by atoms with Gasteiger partial charge in [-0.1, -0.05) is 17.7 Å². The zero-order valence-corrected chi connectivity index (χ0v) is 12.5. The zero-order chi connectivity index (χ0) is 15.6. The second kappa shape index (κ2) is 5.72. The van der Waals surface area contributed by atoms with Gasteiger partial charge in [0.05, 0.1) is 16.3 Å². The van der Waals surface area contributed by atoms with Crippen LogP contribution in [0.3, 0.4) is 0 Å². The summed E-state index contributed by atoms with van der Waals surface area (Å²) >= 11 is 5.83. The average molecular weight is 325 g/mol. The molecule has 1 N–H and O–H groups in total. The van der Waals surface area contributed by atoms with Crippen LogP contribution in [-0.2, 0) is 10.0 Å². The summed E-state index contributed by atoms with van der Waals surface area (Å²) in [6.45, 7) is 1.66. The largest absolute Gasteiger partial charge is 0.279 e. The Morgan fingerprint density at radius 2 is 1.95 bits per heavy atom. The molecule has 0 atom stereocenters. The number of nitrogens with zero attached hydrogens (tertiary/aromatic N) is 1. The van der Waals surface area contributed by atoms with Crippen molar-refractivity contribution >= 4 is 27.3 Å². The number of halogens is 2. The van der Waals surface area contributed by atoms with Crippen molar-refractivity contribution in [1.29, 1.82) is 5.26 Å². The summed E-state index contributed by atoms with van der Waals surface area (Å²) in [5, 5.41) is 8.88. The minimum atomic E-state index is -4.07. The molecule has 0 heterocycles. The smallest absolute Gasteiger partial charge is 0.264 e. The SMILES string of the molecule is Cc1ccc(F)c(S(=O)(=O)Nc2ccc(C#N)c(Cl)c2)c1. The highest BCUT2D eigenvalue weighted by atomic mass is 35.5. The van der Waals surface area contributed by atoms with Crippen molar-refractivity contribution in [2.75, 3.05) is 4.72 Å². The first-order valence-electron chi connectivity index (χ1n) is 5.82. The van der Waals surface area contributed by atoms with E-state index in [1.165, 1.54) is 30.3 Å². The van der Waals surface area contributed by atoms with E-state index in [4.69, 9.17) is 16.9 Å². The van der Waals surface area contributed by atoms with Crippen LogP contribution in [0.4, 0.5) is 10.1 Å². The first-order valence-corrected chi connectivity index (χ1v) is 7.68. The third-order valence-corrected chi connectivity index (χ3v) is 4.43. The zero-order valence-electron chi connectivity index (χ0n) is 10.9. The van der Waals surface area contributed by atoms with E-state index in [-0.39, 0.29) is 16.3 Å². The summed E-state index contributed by atoms with van der Waals surface area (Å²) in [7, 11) is -4.07. The van der Waals surface area contributed by atoms with Crippen LogP contribution in [0.1, 0.15) is 11.1 Å². The number of nitrogens with one attached hydrogen (secondary N) is 1. The standard InChI is InChI=1S/C14H10ClFN2O2S/c1-9-2-5-13(16)14(6-9)21(19,20)18-11-4-3-10(8-17)12(15)7-11/h2-7,18H,1H3. The van der Waals surface area contributed by atoms with Crippen molar-refractivity contribution in [3.63, 3.8) is 0 Å². The lowest BCUT2D eigenvalue weighted by molar-refractivity contribution is 0.570. The first-order chi connectivity index (χ1) is 9.83. The van der Waals surface area contributed by atoms with Crippen molar-refractivity contribution in [2.45, 2.75) is 11.8 Å². The molecule has 0 unspecified atom stereocenters. The van der Waals surface area contributed by atoms with Gasteiger partial charge in [0.2, 0.25) is 0 Å². The molecule has 4 nitrogen and oxygen atoms in total. The monoisotopic (exact) mass is 324 g/mol. The highest BCUT2D eigenvalue weighted by Crippen LogP contribution is 2.24. The summed E-state index contributed by atoms with van der Waals surface area (Å²) in [5.74, 6) is -0.840. The second-order valence-electron chi connectivity index (χ2n) is 4.35. The van der Waals surface area contributed by atoms with Gasteiger partial charge >= 0.3 is 0 Å². The van der Waals surface area contributed by atoms with Gasteiger partial charge in [0, 0.05) is 0 Å². The van der Waals surface area contributed by atoms with Crippen LogP contribution in [-0.4, -0.2) is 8.42 Å². The summed E-state index contributed by atoms with van der Waals surface area (Å²) in [6, 6.07) is 9.74. The Bertz CT molecular complexity index is 845. The maximum absolute atomic E-state index is 13.7. The first kappa shape index (κ1) is 15.3. The molecule has 0 radical (unpaired) electrons. The number of aryl methyl sites for hydroxylation is 1. The minimum absolute atomic E-state index is 0.113. The lowest BCUT2D eigenvalue weighted by atomic mass is 10.2. The molecule has 0 spiro atoms. The number of anilines is 1. The van der Waals surface area contributed by atoms with Crippen molar-refractivity contribution in [2.24, 2.45) is 0 Å². The fourth-order valence-corrected chi connectivity index (χ4v) is 3.13. The summed E-state index contributed by atoms with van der Waals surface area (Å²) in [5.41, 5.74) is 0.996. The van der Waals surface area contributed by atoms with Gasteiger partial charge in [0.1, 0.15) is 16.8 Å². The van der Waals surface area contributed by atoms with Gasteiger partial charge in [-0.25, -0.2) is 12.8 Å². The highest BCUT2D eigenvalue weighted by molar-refractivity contribution is 7.92. The Kier molecular flexibility index (Phi) is 4.16. The van der Waals surface area contributed by atoms with Gasteiger partial charge < -0.3 is 0 Å². The molecule has 0 saturated heterocycles. The fourth-order valence-electron chi connectivity index (χ4n) is 1.70. The van der Waals surface area contributed by atoms with Gasteiger partial charge in [-0.2, -0.15) is 5.26 Å². The molecule has 108 valence electrons. The minimum Gasteiger partial charge on any atom is -0.279 e. The van der Waals surface area contributed by atoms with Crippen LogP contribution >= 0.6 is 11.6 Å². The van der Waals surface area contributed by atoms with Crippen LogP contribution in [0.25, 0.3) is 0 Å². The molecule has 2 aromatic rings. The predicted octanol–water partition coefficient (Wildman–Crippen LogP) is 3.46. The van der Waals surface area contributed by atoms with E-state index >= 15 is 0 Å². The van der Waals surface area contributed by atoms with E-state index in [0.717, 1.165) is 6.07 Å². The number of benzene rings is 2. The number of hydrogen-bond donors (Lipinski definition) is 1. The number of nitriles is 1. The molecule has 0 amide bonds. The number of hydrogen-bond acceptors (Lipinski definition) is 3. The van der Waals surface area contributed by atoms with Crippen molar-refractivity contribution in [3.05, 3.63) is 58.4 Å². The lowest BCUT2D eigenvalue weighted by Gasteiger charge is -2.10. The number of sulfonamides is 1. The van der Waals surface area contributed by atoms with Crippen LogP contribution in [0.5, 0.6) is 0 Å². The Labute approximate surface area is 126 Å². The lowest BCUT2D eigenvalue weighted by Crippen LogP contribution is -2.14. The molecular weight excluding hydrogens is 315 g/mol. The average Bonchev–Trinajstić information content (AvgIpc) is 2.41. The second-order valence-corrected chi connectivity index (χ2v) is 6.40. The predicted molar refractivity (Wildman–Crippen MR) is 78.1 cm³/mol. The van der Waals surface area contributed by atoms with Crippen LogP contribution in [0.15, 0.2) is 41.3 Å². The van der Waals surface area contributed by atoms with Crippen LogP contribution < -0.4 is 4.72 Å². The van der Waals surface area contributed by atoms with Gasteiger partial charge in [-0.15, -0.1) is 0 Å². The van der Waals surface area contributed by atoms with E-state index < -0.39 is 20.7 Å². The van der Waals surface area contributed by atoms with E-state index in [1.807, 2.05) is 6.07 Å². The Morgan fingerprint density at radius 3 is 2.57 bits per heavy atom. The normalized spacial score (nSPS) is 11.0. The molecule has 0 aliphatic heterocycles. The summed E-state index contributed by atoms with van der Waals surface area (Å²) in [6.07, 6.45) is 0. The quantitative estimate of drug-likeness (QED) is 0.940. The van der Waals surface area contributed by atoms with Gasteiger partial charge in [0.15, 0.2) is 0 Å². The van der Waals surface area contributed by atoms with Crippen molar-refractivity contribution < 1.29 is 12.8 Å². The maximum atomic E-state index is 13.7. The van der Waals surface area contributed by atoms with E-state index in [0.29, 0.717) is 5.56 Å². The third-order valence-electron chi connectivity index (χ3n) is 2.72. The molecule has 0 aromatic heterocycles. The Morgan fingerprint density at radius 1 is 1.24 bits per heavy atom. The molecule has 21 heavy (non-hydrogen) atoms. The summed E-state index contributed by atoms with van der Waals surface area (Å²) in [4.78, 5) is -0.442. The molecule has 0 bridgehead atoms. The molecule has 2 rings (SSSR count). The molecule has 2 aromatic carbocycles. The molecule has 0 fully saturated rings. The third kappa shape index (κ3) is 3.32. The Hall–Kier alpha value is -2.10. The van der Waals surface area contributed by atoms with E-state index in [9.17, 15) is 12.8 Å². The van der Waals surface area contributed by atoms with Crippen LogP contribution in [0, 0.1) is 24.1 Å². The molecule has 7 heteroatoms. The van der Waals surface area contributed by atoms with Crippen LogP contribution in [0.2, 0.25) is 5.02 Å². The summed E-state index contributed by atoms with van der Waals surface area (Å²) < 4.78 is 40.3. The Balaban J connectivity index is 2.40. The molecule has 0 saturated carbocycles. The molecule has 0 aliphatic rings. The van der Waals surface area contributed by atoms with Gasteiger partial charge in [0.25, 0.3) is 10.0 Å². The van der Waals surface area contributed by atoms with Gasteiger partial charge in [-0.05, 0) is 42.8 Å². The van der Waals surface area contributed by atoms with E-state index in [1.54, 1.807) is 6.92 Å². The van der Waals surface area contributed by atoms with Crippen molar-refractivity contribution in [3.8, 4) is 6.07 Å². The fraction of sp³-hybridized carbons (Fsp3) is 0.0714. The van der Waals surface area contributed by atoms with Gasteiger partial charge in [-0.3, -0.25) is 4.72 Å².